The normalized spacial score (nSPS) is 25.9. The fourth-order valence-corrected chi connectivity index (χ4v) is 2.02. The maximum Gasteiger partial charge on any atom is 0.334 e. The summed E-state index contributed by atoms with van der Waals surface area (Å²) in [4.78, 5) is 25.4. The molecule has 88 valence electrons. The van der Waals surface area contributed by atoms with Crippen LogP contribution in [0.1, 0.15) is 13.3 Å². The van der Waals surface area contributed by atoms with Crippen LogP contribution >= 0.6 is 0 Å². The van der Waals surface area contributed by atoms with Gasteiger partial charge in [0, 0.05) is 19.5 Å². The zero-order chi connectivity index (χ0) is 12.2. The number of morpholine rings is 1. The number of rotatable bonds is 5. The summed E-state index contributed by atoms with van der Waals surface area (Å²) in [5, 5.41) is 0. The van der Waals surface area contributed by atoms with Gasteiger partial charge in [-0.15, -0.1) is 13.2 Å². The number of carbonyl (C=O) groups excluding carboxylic acids is 2. The molecular weight excluding hydrogens is 206 g/mol. The molecule has 0 aromatic rings. The lowest BCUT2D eigenvalue weighted by atomic mass is 9.87. The van der Waals surface area contributed by atoms with Gasteiger partial charge in [0.1, 0.15) is 6.61 Å². The molecule has 1 aliphatic heterocycles. The average Bonchev–Trinajstić information content (AvgIpc) is 2.23. The van der Waals surface area contributed by atoms with Crippen molar-refractivity contribution in [1.29, 1.82) is 0 Å². The molecule has 0 aromatic carbocycles. The second-order valence-electron chi connectivity index (χ2n) is 3.78. The van der Waals surface area contributed by atoms with Crippen molar-refractivity contribution in [1.82, 2.24) is 4.90 Å². The third-order valence-electron chi connectivity index (χ3n) is 2.84. The highest BCUT2D eigenvalue weighted by Crippen LogP contribution is 2.27. The van der Waals surface area contributed by atoms with E-state index in [2.05, 4.69) is 13.2 Å². The van der Waals surface area contributed by atoms with Crippen LogP contribution in [-0.2, 0) is 14.3 Å². The molecule has 1 atom stereocenters. The maximum atomic E-state index is 11.9. The van der Waals surface area contributed by atoms with Gasteiger partial charge in [0.05, 0.1) is 0 Å². The summed E-state index contributed by atoms with van der Waals surface area (Å²) in [5.41, 5.74) is -1.20. The van der Waals surface area contributed by atoms with Crippen molar-refractivity contribution in [2.45, 2.75) is 18.9 Å². The highest BCUT2D eigenvalue weighted by Gasteiger charge is 2.50. The molecule has 1 saturated heterocycles. The maximum absolute atomic E-state index is 11.9. The summed E-state index contributed by atoms with van der Waals surface area (Å²) in [6.45, 7) is 10.00. The van der Waals surface area contributed by atoms with Crippen LogP contribution < -0.4 is 0 Å². The Kier molecular flexibility index (Phi) is 4.01. The van der Waals surface area contributed by atoms with Crippen LogP contribution in [0.15, 0.2) is 25.3 Å². The van der Waals surface area contributed by atoms with Crippen LogP contribution in [0.25, 0.3) is 0 Å². The summed E-state index contributed by atoms with van der Waals surface area (Å²) < 4.78 is 5.00. The van der Waals surface area contributed by atoms with Crippen LogP contribution in [0, 0.1) is 0 Å². The largest absolute Gasteiger partial charge is 0.463 e. The van der Waals surface area contributed by atoms with Crippen molar-refractivity contribution >= 4 is 11.8 Å². The minimum absolute atomic E-state index is 0.209. The Morgan fingerprint density at radius 1 is 1.56 bits per heavy atom. The molecule has 1 unspecified atom stereocenters. The molecule has 16 heavy (non-hydrogen) atoms. The number of cyclic esters (lactones) is 1. The topological polar surface area (TPSA) is 46.6 Å². The van der Waals surface area contributed by atoms with E-state index in [4.69, 9.17) is 4.74 Å². The molecule has 0 spiro atoms. The standard InChI is InChI=1S/C12H17NO3/c1-4-6-12(10(3)14)11(15)16-9-8-13(12)7-5-2/h4-5H,1-2,6-9H2,3H3. The molecule has 4 heteroatoms. The van der Waals surface area contributed by atoms with Crippen LogP contribution in [0.5, 0.6) is 0 Å². The van der Waals surface area contributed by atoms with Gasteiger partial charge in [0.2, 0.25) is 0 Å². The lowest BCUT2D eigenvalue weighted by Gasteiger charge is -2.42. The number of nitrogens with zero attached hydrogens (tertiary/aromatic N) is 1. The molecular formula is C12H17NO3. The van der Waals surface area contributed by atoms with E-state index in [1.807, 2.05) is 0 Å². The fraction of sp³-hybridized carbons (Fsp3) is 0.500. The molecule has 0 radical (unpaired) electrons. The second-order valence-corrected chi connectivity index (χ2v) is 3.78. The average molecular weight is 223 g/mol. The first-order chi connectivity index (χ1) is 7.59. The Bertz CT molecular complexity index is 324. The van der Waals surface area contributed by atoms with E-state index in [-0.39, 0.29) is 12.2 Å². The minimum Gasteiger partial charge on any atom is -0.463 e. The smallest absolute Gasteiger partial charge is 0.334 e. The van der Waals surface area contributed by atoms with Gasteiger partial charge in [-0.2, -0.15) is 0 Å². The highest BCUT2D eigenvalue weighted by atomic mass is 16.5. The van der Waals surface area contributed by atoms with E-state index in [1.54, 1.807) is 17.1 Å². The van der Waals surface area contributed by atoms with Crippen LogP contribution in [0.4, 0.5) is 0 Å². The third kappa shape index (κ3) is 1.93. The van der Waals surface area contributed by atoms with Crippen LogP contribution in [-0.4, -0.2) is 41.9 Å². The number of esters is 1. The van der Waals surface area contributed by atoms with E-state index in [0.29, 0.717) is 19.7 Å². The lowest BCUT2D eigenvalue weighted by Crippen LogP contribution is -2.63. The number of Topliss-reactive ketones (excluding diaryl/α,β-unsaturated/α-hetero) is 1. The van der Waals surface area contributed by atoms with Crippen molar-refractivity contribution in [2.24, 2.45) is 0 Å². The monoisotopic (exact) mass is 223 g/mol. The fourth-order valence-electron chi connectivity index (χ4n) is 2.02. The quantitative estimate of drug-likeness (QED) is 0.395. The molecule has 1 rings (SSSR count). The van der Waals surface area contributed by atoms with E-state index in [0.717, 1.165) is 0 Å². The van der Waals surface area contributed by atoms with Crippen molar-refractivity contribution in [2.75, 3.05) is 19.7 Å². The first-order valence-electron chi connectivity index (χ1n) is 5.24. The Labute approximate surface area is 95.6 Å². The Morgan fingerprint density at radius 3 is 2.75 bits per heavy atom. The molecule has 0 amide bonds. The molecule has 0 aromatic heterocycles. The minimum atomic E-state index is -1.20. The predicted molar refractivity (Wildman–Crippen MR) is 61.0 cm³/mol. The van der Waals surface area contributed by atoms with Gasteiger partial charge in [0.25, 0.3) is 0 Å². The predicted octanol–water partition coefficient (Wildman–Crippen LogP) is 0.935. The Balaban J connectivity index is 3.12. The van der Waals surface area contributed by atoms with Crippen LogP contribution in [0.3, 0.4) is 0 Å². The van der Waals surface area contributed by atoms with E-state index >= 15 is 0 Å². The van der Waals surface area contributed by atoms with Gasteiger partial charge in [-0.05, 0) is 6.92 Å². The van der Waals surface area contributed by atoms with E-state index < -0.39 is 11.5 Å². The zero-order valence-corrected chi connectivity index (χ0v) is 9.57. The van der Waals surface area contributed by atoms with Gasteiger partial charge in [-0.1, -0.05) is 12.2 Å². The van der Waals surface area contributed by atoms with Crippen molar-refractivity contribution in [3.8, 4) is 0 Å². The molecule has 1 aliphatic rings. The Hall–Kier alpha value is -1.42. The Morgan fingerprint density at radius 2 is 2.25 bits per heavy atom. The van der Waals surface area contributed by atoms with Gasteiger partial charge in [-0.3, -0.25) is 9.69 Å². The molecule has 0 saturated carbocycles. The molecule has 0 bridgehead atoms. The molecule has 4 nitrogen and oxygen atoms in total. The van der Waals surface area contributed by atoms with Crippen molar-refractivity contribution in [3.63, 3.8) is 0 Å². The van der Waals surface area contributed by atoms with E-state index in [1.165, 1.54) is 6.92 Å². The van der Waals surface area contributed by atoms with Crippen molar-refractivity contribution < 1.29 is 14.3 Å². The number of carbonyl (C=O) groups is 2. The summed E-state index contributed by atoms with van der Waals surface area (Å²) in [7, 11) is 0. The van der Waals surface area contributed by atoms with Gasteiger partial charge in [0.15, 0.2) is 11.3 Å². The summed E-state index contributed by atoms with van der Waals surface area (Å²) in [6.07, 6.45) is 3.53. The molecule has 1 heterocycles. The highest BCUT2D eigenvalue weighted by molar-refractivity contribution is 6.08. The molecule has 1 fully saturated rings. The first kappa shape index (κ1) is 12.6. The van der Waals surface area contributed by atoms with Crippen molar-refractivity contribution in [3.05, 3.63) is 25.3 Å². The zero-order valence-electron chi connectivity index (χ0n) is 9.57. The summed E-state index contributed by atoms with van der Waals surface area (Å²) in [5.74, 6) is -0.688. The number of ether oxygens (including phenoxy) is 1. The van der Waals surface area contributed by atoms with Gasteiger partial charge < -0.3 is 4.74 Å². The van der Waals surface area contributed by atoms with Crippen LogP contribution in [0.2, 0.25) is 0 Å². The summed E-state index contributed by atoms with van der Waals surface area (Å²) >= 11 is 0. The number of ketones is 1. The summed E-state index contributed by atoms with van der Waals surface area (Å²) in [6, 6.07) is 0. The van der Waals surface area contributed by atoms with E-state index in [9.17, 15) is 9.59 Å². The first-order valence-corrected chi connectivity index (χ1v) is 5.24. The molecule has 0 N–H and O–H groups in total. The van der Waals surface area contributed by atoms with Gasteiger partial charge >= 0.3 is 5.97 Å². The lowest BCUT2D eigenvalue weighted by molar-refractivity contribution is -0.171. The van der Waals surface area contributed by atoms with Gasteiger partial charge in [-0.25, -0.2) is 4.79 Å². The third-order valence-corrected chi connectivity index (χ3v) is 2.84. The number of hydrogen-bond donors (Lipinski definition) is 0. The second kappa shape index (κ2) is 5.07. The SMILES string of the molecule is C=CCN1CCOC(=O)C1(CC=C)C(C)=O. The number of hydrogen-bond acceptors (Lipinski definition) is 4. The molecule has 0 aliphatic carbocycles.